The number of amides is 2. The molecule has 1 aromatic carbocycles. The molecule has 1 saturated carbocycles. The smallest absolute Gasteiger partial charge is 0.336 e. The molecule has 0 heterocycles. The molecular formula is C14H17ClF3N3O3S. The fourth-order valence-electron chi connectivity index (χ4n) is 2.15. The van der Waals surface area contributed by atoms with E-state index in [9.17, 15) is 26.4 Å². The van der Waals surface area contributed by atoms with Gasteiger partial charge in [-0.25, -0.2) is 13.2 Å². The number of hydrogen-bond donors (Lipinski definition) is 2. The lowest BCUT2D eigenvalue weighted by atomic mass is 10.1. The minimum absolute atomic E-state index is 0.110. The fourth-order valence-corrected chi connectivity index (χ4v) is 3.26. The summed E-state index contributed by atoms with van der Waals surface area (Å²) in [7, 11) is -4.00. The zero-order valence-corrected chi connectivity index (χ0v) is 14.8. The van der Waals surface area contributed by atoms with Crippen molar-refractivity contribution in [3.63, 3.8) is 0 Å². The van der Waals surface area contributed by atoms with Crippen molar-refractivity contribution in [1.82, 2.24) is 10.6 Å². The van der Waals surface area contributed by atoms with Gasteiger partial charge in [0.15, 0.2) is 0 Å². The van der Waals surface area contributed by atoms with Crippen LogP contribution >= 0.6 is 11.6 Å². The molecule has 0 spiro atoms. The van der Waals surface area contributed by atoms with Crippen molar-refractivity contribution in [3.05, 3.63) is 28.8 Å². The van der Waals surface area contributed by atoms with Gasteiger partial charge in [-0.3, -0.25) is 4.31 Å². The molecule has 2 N–H and O–H groups in total. The van der Waals surface area contributed by atoms with Gasteiger partial charge in [-0.2, -0.15) is 13.2 Å². The summed E-state index contributed by atoms with van der Waals surface area (Å²) in [6.07, 6.45) is -2.23. The van der Waals surface area contributed by atoms with Gasteiger partial charge >= 0.3 is 12.2 Å². The maximum atomic E-state index is 13.2. The number of urea groups is 1. The van der Waals surface area contributed by atoms with Gasteiger partial charge in [0.2, 0.25) is 10.0 Å². The van der Waals surface area contributed by atoms with Crippen LogP contribution in [0.15, 0.2) is 18.2 Å². The Morgan fingerprint density at radius 3 is 2.52 bits per heavy atom. The highest BCUT2D eigenvalue weighted by Crippen LogP contribution is 2.38. The van der Waals surface area contributed by atoms with Gasteiger partial charge < -0.3 is 10.6 Å². The number of carbonyl (C=O) groups is 1. The normalized spacial score (nSPS) is 14.9. The fraction of sp³-hybridized carbons (Fsp3) is 0.500. The van der Waals surface area contributed by atoms with Crippen molar-refractivity contribution in [2.45, 2.75) is 25.1 Å². The highest BCUT2D eigenvalue weighted by molar-refractivity contribution is 7.92. The zero-order valence-electron chi connectivity index (χ0n) is 13.2. The molecule has 25 heavy (non-hydrogen) atoms. The number of alkyl halides is 3. The number of hydrogen-bond acceptors (Lipinski definition) is 3. The monoisotopic (exact) mass is 399 g/mol. The van der Waals surface area contributed by atoms with Crippen LogP contribution in [0, 0.1) is 0 Å². The molecule has 11 heteroatoms. The summed E-state index contributed by atoms with van der Waals surface area (Å²) in [6, 6.07) is 2.47. The third-order valence-electron chi connectivity index (χ3n) is 3.45. The molecule has 1 aliphatic carbocycles. The average Bonchev–Trinajstić information content (AvgIpc) is 3.26. The number of anilines is 1. The quantitative estimate of drug-likeness (QED) is 0.771. The molecule has 6 nitrogen and oxygen atoms in total. The summed E-state index contributed by atoms with van der Waals surface area (Å²) in [5, 5.41) is 4.91. The first-order valence-corrected chi connectivity index (χ1v) is 9.60. The average molecular weight is 400 g/mol. The van der Waals surface area contributed by atoms with Gasteiger partial charge in [-0.1, -0.05) is 11.6 Å². The van der Waals surface area contributed by atoms with Crippen LogP contribution in [0.5, 0.6) is 0 Å². The Balaban J connectivity index is 2.19. The van der Waals surface area contributed by atoms with E-state index < -0.39 is 33.5 Å². The minimum atomic E-state index is -4.78. The predicted molar refractivity (Wildman–Crippen MR) is 88.2 cm³/mol. The van der Waals surface area contributed by atoms with Crippen molar-refractivity contribution < 1.29 is 26.4 Å². The Kier molecular flexibility index (Phi) is 5.72. The lowest BCUT2D eigenvalue weighted by molar-refractivity contribution is -0.137. The molecule has 1 aromatic rings. The molecule has 2 rings (SSSR count). The number of halogens is 4. The first kappa shape index (κ1) is 19.6. The Morgan fingerprint density at radius 1 is 1.36 bits per heavy atom. The highest BCUT2D eigenvalue weighted by atomic mass is 35.5. The van der Waals surface area contributed by atoms with Gasteiger partial charge in [0.1, 0.15) is 0 Å². The second-order valence-electron chi connectivity index (χ2n) is 5.67. The Morgan fingerprint density at radius 2 is 2.00 bits per heavy atom. The van der Waals surface area contributed by atoms with E-state index in [1.54, 1.807) is 0 Å². The second-order valence-corrected chi connectivity index (χ2v) is 8.01. The standard InChI is InChI=1S/C14H17ClF3N3O3S/c1-25(23,24)21(7-6-19-13(22)20-10-3-4-10)12-5-2-9(15)8-11(12)14(16,17)18/h2,5,8,10H,3-4,6-7H2,1H3,(H2,19,20,22). The number of carbonyl (C=O) groups excluding carboxylic acids is 1. The molecule has 2 amide bonds. The van der Waals surface area contributed by atoms with E-state index in [1.807, 2.05) is 0 Å². The number of rotatable bonds is 6. The first-order valence-electron chi connectivity index (χ1n) is 7.37. The molecule has 1 aliphatic rings. The van der Waals surface area contributed by atoms with Crippen molar-refractivity contribution in [2.24, 2.45) is 0 Å². The number of nitrogens with one attached hydrogen (secondary N) is 2. The van der Waals surface area contributed by atoms with Crippen LogP contribution in [0.25, 0.3) is 0 Å². The van der Waals surface area contributed by atoms with E-state index in [1.165, 1.54) is 6.07 Å². The van der Waals surface area contributed by atoms with Crippen LogP contribution in [0.1, 0.15) is 18.4 Å². The van der Waals surface area contributed by atoms with Gasteiger partial charge in [0.05, 0.1) is 24.1 Å². The molecule has 0 aromatic heterocycles. The van der Waals surface area contributed by atoms with Crippen molar-refractivity contribution in [2.75, 3.05) is 23.7 Å². The number of sulfonamides is 1. The van der Waals surface area contributed by atoms with Gasteiger partial charge in [-0.05, 0) is 31.0 Å². The molecule has 140 valence electrons. The molecule has 1 fully saturated rings. The molecule has 0 saturated heterocycles. The topological polar surface area (TPSA) is 78.5 Å². The van der Waals surface area contributed by atoms with E-state index in [0.29, 0.717) is 10.4 Å². The van der Waals surface area contributed by atoms with Crippen LogP contribution < -0.4 is 14.9 Å². The Bertz CT molecular complexity index is 751. The minimum Gasteiger partial charge on any atom is -0.336 e. The number of nitrogens with zero attached hydrogens (tertiary/aromatic N) is 1. The van der Waals surface area contributed by atoms with E-state index in [-0.39, 0.29) is 24.2 Å². The molecular weight excluding hydrogens is 383 g/mol. The van der Waals surface area contributed by atoms with Crippen LogP contribution in [0.2, 0.25) is 5.02 Å². The summed E-state index contributed by atoms with van der Waals surface area (Å²) in [5.74, 6) is 0. The zero-order chi connectivity index (χ0) is 18.8. The summed E-state index contributed by atoms with van der Waals surface area (Å²) in [6.45, 7) is -0.493. The molecule has 0 bridgehead atoms. The van der Waals surface area contributed by atoms with Gasteiger partial charge in [-0.15, -0.1) is 0 Å². The van der Waals surface area contributed by atoms with Crippen LogP contribution in [-0.4, -0.2) is 39.8 Å². The van der Waals surface area contributed by atoms with Crippen molar-refractivity contribution >= 4 is 33.3 Å². The lowest BCUT2D eigenvalue weighted by Gasteiger charge is -2.26. The summed E-state index contributed by atoms with van der Waals surface area (Å²) >= 11 is 5.61. The highest BCUT2D eigenvalue weighted by Gasteiger charge is 2.37. The molecule has 0 radical (unpaired) electrons. The van der Waals surface area contributed by atoms with E-state index in [4.69, 9.17) is 11.6 Å². The molecule has 0 aliphatic heterocycles. The van der Waals surface area contributed by atoms with E-state index in [0.717, 1.165) is 25.2 Å². The first-order chi connectivity index (χ1) is 11.5. The summed E-state index contributed by atoms with van der Waals surface area (Å²) in [5.41, 5.74) is -1.70. The van der Waals surface area contributed by atoms with Crippen LogP contribution in [0.3, 0.4) is 0 Å². The molecule has 0 atom stereocenters. The lowest BCUT2D eigenvalue weighted by Crippen LogP contribution is -2.43. The maximum Gasteiger partial charge on any atom is 0.418 e. The van der Waals surface area contributed by atoms with Crippen molar-refractivity contribution in [3.8, 4) is 0 Å². The predicted octanol–water partition coefficient (Wildman–Crippen LogP) is 2.59. The van der Waals surface area contributed by atoms with Gasteiger partial charge in [0, 0.05) is 17.6 Å². The molecule has 0 unspecified atom stereocenters. The SMILES string of the molecule is CS(=O)(=O)N(CCNC(=O)NC1CC1)c1ccc(Cl)cc1C(F)(F)F. The van der Waals surface area contributed by atoms with Crippen LogP contribution in [0.4, 0.5) is 23.7 Å². The Hall–Kier alpha value is -1.68. The summed E-state index contributed by atoms with van der Waals surface area (Å²) in [4.78, 5) is 11.5. The van der Waals surface area contributed by atoms with E-state index in [2.05, 4.69) is 10.6 Å². The third-order valence-corrected chi connectivity index (χ3v) is 4.86. The van der Waals surface area contributed by atoms with Crippen molar-refractivity contribution in [1.29, 1.82) is 0 Å². The number of benzene rings is 1. The van der Waals surface area contributed by atoms with Gasteiger partial charge in [0.25, 0.3) is 0 Å². The maximum absolute atomic E-state index is 13.2. The third kappa shape index (κ3) is 5.67. The second kappa shape index (κ2) is 7.28. The van der Waals surface area contributed by atoms with Crippen LogP contribution in [-0.2, 0) is 16.2 Å². The Labute approximate surface area is 148 Å². The summed E-state index contributed by atoms with van der Waals surface area (Å²) < 4.78 is 64.2. The largest absolute Gasteiger partial charge is 0.418 e. The van der Waals surface area contributed by atoms with E-state index >= 15 is 0 Å².